The van der Waals surface area contributed by atoms with Gasteiger partial charge in [0.1, 0.15) is 11.5 Å². The summed E-state index contributed by atoms with van der Waals surface area (Å²) >= 11 is 0. The van der Waals surface area contributed by atoms with Gasteiger partial charge in [0.25, 0.3) is 0 Å². The molecule has 3 atom stereocenters. The number of methoxy groups -OCH3 is 2. The number of amides is 2. The molecule has 3 unspecified atom stereocenters. The number of ether oxygens (including phenoxy) is 2. The van der Waals surface area contributed by atoms with Crippen LogP contribution >= 0.6 is 12.4 Å². The first-order valence-electron chi connectivity index (χ1n) is 9.50. The molecular weight excluding hydrogens is 382 g/mol. The van der Waals surface area contributed by atoms with E-state index in [1.807, 2.05) is 4.90 Å². The van der Waals surface area contributed by atoms with Crippen molar-refractivity contribution in [3.63, 3.8) is 0 Å². The van der Waals surface area contributed by atoms with Gasteiger partial charge in [-0.25, -0.2) is 0 Å². The quantitative estimate of drug-likeness (QED) is 0.801. The molecule has 2 aliphatic rings. The van der Waals surface area contributed by atoms with Crippen LogP contribution in [-0.4, -0.2) is 56.6 Å². The van der Waals surface area contributed by atoms with Crippen molar-refractivity contribution >= 4 is 29.9 Å². The molecule has 2 amide bonds. The fraction of sp³-hybridized carbons (Fsp3) is 0.600. The van der Waals surface area contributed by atoms with Gasteiger partial charge in [0.2, 0.25) is 11.8 Å². The van der Waals surface area contributed by atoms with E-state index >= 15 is 0 Å². The van der Waals surface area contributed by atoms with E-state index in [2.05, 4.69) is 6.92 Å². The van der Waals surface area contributed by atoms with Gasteiger partial charge in [-0.1, -0.05) is 6.92 Å². The lowest BCUT2D eigenvalue weighted by atomic mass is 9.91. The standard InChI is InChI=1S/C20H29N3O4.ClH/c1-13-4-5-22(16(6-13)11-21)20(25)14-7-19(24)23(12-14)15-8-17(26-2)10-18(9-15)27-3;/h8-10,13-14,16H,4-7,11-12,21H2,1-3H3;1H. The third kappa shape index (κ3) is 4.52. The molecule has 0 aromatic heterocycles. The second-order valence-electron chi connectivity index (χ2n) is 7.53. The molecule has 156 valence electrons. The molecule has 3 rings (SSSR count). The van der Waals surface area contributed by atoms with Crippen LogP contribution in [0.15, 0.2) is 18.2 Å². The maximum atomic E-state index is 13.1. The maximum absolute atomic E-state index is 13.1. The Kier molecular flexibility index (Phi) is 7.55. The van der Waals surface area contributed by atoms with Crippen LogP contribution in [-0.2, 0) is 9.59 Å². The lowest BCUT2D eigenvalue weighted by Crippen LogP contribution is -2.51. The molecule has 0 bridgehead atoms. The van der Waals surface area contributed by atoms with Gasteiger partial charge in [-0.2, -0.15) is 0 Å². The highest BCUT2D eigenvalue weighted by molar-refractivity contribution is 6.00. The van der Waals surface area contributed by atoms with Gasteiger partial charge in [-0.15, -0.1) is 12.4 Å². The summed E-state index contributed by atoms with van der Waals surface area (Å²) in [4.78, 5) is 29.3. The monoisotopic (exact) mass is 411 g/mol. The molecule has 2 fully saturated rings. The van der Waals surface area contributed by atoms with Gasteiger partial charge in [0, 0.05) is 50.3 Å². The SMILES string of the molecule is COc1cc(OC)cc(N2CC(C(=O)N3CCC(C)CC3CN)CC2=O)c1.Cl. The minimum Gasteiger partial charge on any atom is -0.497 e. The number of nitrogens with zero attached hydrogens (tertiary/aromatic N) is 2. The number of hydrogen-bond donors (Lipinski definition) is 1. The van der Waals surface area contributed by atoms with E-state index in [9.17, 15) is 9.59 Å². The van der Waals surface area contributed by atoms with Gasteiger partial charge < -0.3 is 25.0 Å². The van der Waals surface area contributed by atoms with Crippen molar-refractivity contribution in [2.24, 2.45) is 17.6 Å². The van der Waals surface area contributed by atoms with E-state index in [-0.39, 0.29) is 42.6 Å². The van der Waals surface area contributed by atoms with Crippen LogP contribution < -0.4 is 20.1 Å². The number of benzene rings is 1. The highest BCUT2D eigenvalue weighted by Crippen LogP contribution is 2.33. The van der Waals surface area contributed by atoms with Gasteiger partial charge >= 0.3 is 0 Å². The molecule has 2 N–H and O–H groups in total. The predicted octanol–water partition coefficient (Wildman–Crippen LogP) is 2.06. The predicted molar refractivity (Wildman–Crippen MR) is 110 cm³/mol. The van der Waals surface area contributed by atoms with Crippen LogP contribution in [0.3, 0.4) is 0 Å². The summed E-state index contributed by atoms with van der Waals surface area (Å²) < 4.78 is 10.6. The van der Waals surface area contributed by atoms with Gasteiger partial charge in [0.15, 0.2) is 0 Å². The summed E-state index contributed by atoms with van der Waals surface area (Å²) in [6.07, 6.45) is 2.14. The molecule has 0 radical (unpaired) electrons. The number of piperidine rings is 1. The Labute approximate surface area is 172 Å². The summed E-state index contributed by atoms with van der Waals surface area (Å²) in [5.74, 6) is 1.45. The molecule has 28 heavy (non-hydrogen) atoms. The smallest absolute Gasteiger partial charge is 0.228 e. The van der Waals surface area contributed by atoms with Crippen molar-refractivity contribution in [3.8, 4) is 11.5 Å². The molecule has 2 saturated heterocycles. The first kappa shape index (κ1) is 22.3. The van der Waals surface area contributed by atoms with E-state index in [4.69, 9.17) is 15.2 Å². The van der Waals surface area contributed by atoms with E-state index in [1.54, 1.807) is 37.3 Å². The van der Waals surface area contributed by atoms with Gasteiger partial charge in [-0.3, -0.25) is 9.59 Å². The van der Waals surface area contributed by atoms with Crippen molar-refractivity contribution in [3.05, 3.63) is 18.2 Å². The molecule has 7 nitrogen and oxygen atoms in total. The maximum Gasteiger partial charge on any atom is 0.228 e. The number of anilines is 1. The van der Waals surface area contributed by atoms with Crippen LogP contribution in [0.5, 0.6) is 11.5 Å². The van der Waals surface area contributed by atoms with E-state index in [1.165, 1.54) is 0 Å². The first-order chi connectivity index (χ1) is 13.0. The molecular formula is C20H30ClN3O4. The van der Waals surface area contributed by atoms with Crippen LogP contribution in [0.1, 0.15) is 26.2 Å². The summed E-state index contributed by atoms with van der Waals surface area (Å²) in [7, 11) is 3.14. The van der Waals surface area contributed by atoms with E-state index in [0.29, 0.717) is 36.2 Å². The Hall–Kier alpha value is -1.99. The number of rotatable bonds is 5. The number of likely N-dealkylation sites (tertiary alicyclic amines) is 1. The second kappa shape index (κ2) is 9.47. The number of carbonyl (C=O) groups is 2. The van der Waals surface area contributed by atoms with Crippen molar-refractivity contribution in [1.29, 1.82) is 0 Å². The molecule has 1 aromatic carbocycles. The average Bonchev–Trinajstić information content (AvgIpc) is 3.08. The van der Waals surface area contributed by atoms with Crippen molar-refractivity contribution in [2.75, 3.05) is 38.8 Å². The Balaban J connectivity index is 0.00000280. The number of halogens is 1. The zero-order chi connectivity index (χ0) is 19.6. The zero-order valence-electron chi connectivity index (χ0n) is 16.7. The summed E-state index contributed by atoms with van der Waals surface area (Å²) in [6.45, 7) is 3.76. The van der Waals surface area contributed by atoms with Gasteiger partial charge in [0.05, 0.1) is 25.8 Å². The highest BCUT2D eigenvalue weighted by Gasteiger charge is 2.40. The lowest BCUT2D eigenvalue weighted by Gasteiger charge is -2.39. The Morgan fingerprint density at radius 1 is 1.21 bits per heavy atom. The Morgan fingerprint density at radius 3 is 2.43 bits per heavy atom. The van der Waals surface area contributed by atoms with Crippen molar-refractivity contribution in [2.45, 2.75) is 32.2 Å². The molecule has 0 spiro atoms. The van der Waals surface area contributed by atoms with Gasteiger partial charge in [-0.05, 0) is 18.8 Å². The lowest BCUT2D eigenvalue weighted by molar-refractivity contribution is -0.139. The van der Waals surface area contributed by atoms with Crippen LogP contribution in [0.4, 0.5) is 5.69 Å². The van der Waals surface area contributed by atoms with Crippen LogP contribution in [0.25, 0.3) is 0 Å². The summed E-state index contributed by atoms with van der Waals surface area (Å²) in [5, 5.41) is 0. The minimum atomic E-state index is -0.336. The third-order valence-corrected chi connectivity index (χ3v) is 5.66. The van der Waals surface area contributed by atoms with Crippen molar-refractivity contribution in [1.82, 2.24) is 4.90 Å². The molecule has 2 aliphatic heterocycles. The first-order valence-corrected chi connectivity index (χ1v) is 9.50. The molecule has 0 saturated carbocycles. The second-order valence-corrected chi connectivity index (χ2v) is 7.53. The minimum absolute atomic E-state index is 0. The normalized spacial score (nSPS) is 24.7. The Morgan fingerprint density at radius 2 is 1.86 bits per heavy atom. The van der Waals surface area contributed by atoms with Crippen molar-refractivity contribution < 1.29 is 19.1 Å². The van der Waals surface area contributed by atoms with E-state index in [0.717, 1.165) is 19.4 Å². The summed E-state index contributed by atoms with van der Waals surface area (Å²) in [5.41, 5.74) is 6.59. The Bertz CT molecular complexity index is 692. The molecule has 8 heteroatoms. The van der Waals surface area contributed by atoms with Crippen LogP contribution in [0, 0.1) is 11.8 Å². The fourth-order valence-electron chi connectivity index (χ4n) is 4.07. The largest absolute Gasteiger partial charge is 0.497 e. The van der Waals surface area contributed by atoms with Crippen LogP contribution in [0.2, 0.25) is 0 Å². The number of hydrogen-bond acceptors (Lipinski definition) is 5. The zero-order valence-corrected chi connectivity index (χ0v) is 17.5. The average molecular weight is 412 g/mol. The molecule has 0 aliphatic carbocycles. The highest BCUT2D eigenvalue weighted by atomic mass is 35.5. The summed E-state index contributed by atoms with van der Waals surface area (Å²) in [6, 6.07) is 5.41. The topological polar surface area (TPSA) is 85.1 Å². The fourth-order valence-corrected chi connectivity index (χ4v) is 4.07. The number of nitrogens with two attached hydrogens (primary N) is 1. The van der Waals surface area contributed by atoms with E-state index < -0.39 is 0 Å². The molecule has 2 heterocycles. The molecule has 1 aromatic rings. The number of carbonyl (C=O) groups excluding carboxylic acids is 2. The third-order valence-electron chi connectivity index (χ3n) is 5.66.